The fourth-order valence-corrected chi connectivity index (χ4v) is 6.32. The van der Waals surface area contributed by atoms with Gasteiger partial charge in [-0.15, -0.1) is 0 Å². The Labute approximate surface area is 252 Å². The molecule has 2 aliphatic rings. The van der Waals surface area contributed by atoms with Crippen LogP contribution >= 0.6 is 0 Å². The first-order chi connectivity index (χ1) is 20.8. The molecule has 0 spiro atoms. The van der Waals surface area contributed by atoms with Crippen LogP contribution in [0.25, 0.3) is 0 Å². The van der Waals surface area contributed by atoms with Crippen LogP contribution < -0.4 is 19.5 Å². The second-order valence-electron chi connectivity index (χ2n) is 11.4. The van der Waals surface area contributed by atoms with Crippen molar-refractivity contribution in [3.8, 4) is 40.2 Å². The molecule has 6 rings (SSSR count). The zero-order valence-corrected chi connectivity index (χ0v) is 24.8. The number of methoxy groups -OCH3 is 2. The number of phenols is 3. The number of rotatable bonds is 8. The van der Waals surface area contributed by atoms with Crippen LogP contribution in [0.1, 0.15) is 45.5 Å². The third kappa shape index (κ3) is 5.94. The van der Waals surface area contributed by atoms with Gasteiger partial charge in [0.1, 0.15) is 5.75 Å². The average Bonchev–Trinajstić information content (AvgIpc) is 3.01. The molecule has 2 aliphatic heterocycles. The minimum Gasteiger partial charge on any atom is -0.504 e. The van der Waals surface area contributed by atoms with E-state index in [0.29, 0.717) is 29.4 Å². The van der Waals surface area contributed by atoms with E-state index in [2.05, 4.69) is 17.3 Å². The number of phenolic OH excluding ortho intramolecular Hbond substituents is 3. The molecular formula is C35H38N2O6. The molecule has 0 radical (unpaired) electrons. The third-order valence-corrected chi connectivity index (χ3v) is 8.71. The van der Waals surface area contributed by atoms with Gasteiger partial charge in [-0.1, -0.05) is 18.2 Å². The first kappa shape index (κ1) is 28.7. The highest BCUT2D eigenvalue weighted by Gasteiger charge is 2.27. The quantitative estimate of drug-likeness (QED) is 0.206. The molecule has 2 heterocycles. The lowest BCUT2D eigenvalue weighted by atomic mass is 9.88. The largest absolute Gasteiger partial charge is 0.504 e. The fraction of sp³-hybridized carbons (Fsp3) is 0.314. The van der Waals surface area contributed by atoms with Crippen LogP contribution in [0.5, 0.6) is 40.2 Å². The maximum atomic E-state index is 10.6. The molecule has 8 heteroatoms. The predicted octanol–water partition coefficient (Wildman–Crippen LogP) is 5.81. The SMILES string of the molecule is COc1cc2c(cc1O)[C@@H](Cc1ccc(Oc3cc(C[C@H]4c5cc(O)c(OC)cc5CCN4C)ccc3O)cc1)NCC2. The second-order valence-corrected chi connectivity index (χ2v) is 11.4. The molecule has 0 saturated heterocycles. The van der Waals surface area contributed by atoms with E-state index < -0.39 is 0 Å². The van der Waals surface area contributed by atoms with Crippen molar-refractivity contribution in [1.82, 2.24) is 10.2 Å². The van der Waals surface area contributed by atoms with E-state index in [-0.39, 0.29) is 29.3 Å². The Balaban J connectivity index is 1.16. The Hall–Kier alpha value is -4.40. The molecule has 4 N–H and O–H groups in total. The molecule has 0 saturated carbocycles. The summed E-state index contributed by atoms with van der Waals surface area (Å²) in [6, 6.07) is 21.0. The number of nitrogens with zero attached hydrogens (tertiary/aromatic N) is 1. The van der Waals surface area contributed by atoms with Crippen LogP contribution in [0, 0.1) is 0 Å². The van der Waals surface area contributed by atoms with Crippen molar-refractivity contribution in [2.45, 2.75) is 37.8 Å². The van der Waals surface area contributed by atoms with E-state index in [1.165, 1.54) is 11.1 Å². The molecule has 0 aliphatic carbocycles. The molecule has 2 atom stereocenters. The minimum atomic E-state index is 0.0683. The Bertz CT molecular complexity index is 1620. The second kappa shape index (κ2) is 12.1. The summed E-state index contributed by atoms with van der Waals surface area (Å²) in [4.78, 5) is 2.29. The van der Waals surface area contributed by atoms with Crippen LogP contribution in [0.15, 0.2) is 66.7 Å². The van der Waals surface area contributed by atoms with Gasteiger partial charge in [-0.2, -0.15) is 0 Å². The molecule has 0 aromatic heterocycles. The van der Waals surface area contributed by atoms with Crippen molar-refractivity contribution in [2.75, 3.05) is 34.4 Å². The summed E-state index contributed by atoms with van der Waals surface area (Å²) in [6.07, 6.45) is 3.23. The standard InChI is InChI=1S/C35H38N2O6/c1-37-13-11-24-18-34(42-3)32(40)20-27(24)29(37)15-22-6-9-30(38)35(16-22)43-25-7-4-21(5-8-25)14-28-26-19-31(39)33(41-2)17-23(26)10-12-36-28/h4-9,16-20,28-29,36,38-40H,10-15H2,1-3H3/t28-,29+/m1/s1. The van der Waals surface area contributed by atoms with Crippen LogP contribution in [0.3, 0.4) is 0 Å². The zero-order valence-electron chi connectivity index (χ0n) is 24.8. The normalized spacial score (nSPS) is 18.0. The van der Waals surface area contributed by atoms with Crippen molar-refractivity contribution in [3.63, 3.8) is 0 Å². The molecule has 0 fully saturated rings. The van der Waals surface area contributed by atoms with Crippen molar-refractivity contribution in [3.05, 3.63) is 100 Å². The monoisotopic (exact) mass is 582 g/mol. The lowest BCUT2D eigenvalue weighted by Crippen LogP contribution is -2.33. The number of fused-ring (bicyclic) bond motifs is 2. The van der Waals surface area contributed by atoms with Crippen LogP contribution in [-0.4, -0.2) is 54.6 Å². The number of hydrogen-bond acceptors (Lipinski definition) is 8. The average molecular weight is 583 g/mol. The van der Waals surface area contributed by atoms with E-state index in [1.807, 2.05) is 60.7 Å². The highest BCUT2D eigenvalue weighted by atomic mass is 16.5. The summed E-state index contributed by atoms with van der Waals surface area (Å²) in [5.41, 5.74) is 6.69. The molecule has 0 amide bonds. The van der Waals surface area contributed by atoms with Gasteiger partial charge in [-0.25, -0.2) is 0 Å². The van der Waals surface area contributed by atoms with Gasteiger partial charge < -0.3 is 34.8 Å². The minimum absolute atomic E-state index is 0.0683. The number of ether oxygens (including phenoxy) is 3. The van der Waals surface area contributed by atoms with E-state index in [1.54, 1.807) is 20.3 Å². The van der Waals surface area contributed by atoms with E-state index in [9.17, 15) is 15.3 Å². The molecular weight excluding hydrogens is 544 g/mol. The summed E-state index contributed by atoms with van der Waals surface area (Å²) < 4.78 is 16.8. The van der Waals surface area contributed by atoms with Gasteiger partial charge in [-0.05, 0) is 121 Å². The maximum absolute atomic E-state index is 10.6. The molecule has 4 aromatic carbocycles. The number of nitrogens with one attached hydrogen (secondary N) is 1. The summed E-state index contributed by atoms with van der Waals surface area (Å²) in [7, 11) is 5.23. The van der Waals surface area contributed by atoms with Gasteiger partial charge in [0, 0.05) is 18.6 Å². The smallest absolute Gasteiger partial charge is 0.169 e. The van der Waals surface area contributed by atoms with E-state index >= 15 is 0 Å². The molecule has 43 heavy (non-hydrogen) atoms. The topological polar surface area (TPSA) is 104 Å². The van der Waals surface area contributed by atoms with E-state index in [0.717, 1.165) is 54.6 Å². The summed E-state index contributed by atoms with van der Waals surface area (Å²) in [5, 5.41) is 35.0. The summed E-state index contributed by atoms with van der Waals surface area (Å²) >= 11 is 0. The summed E-state index contributed by atoms with van der Waals surface area (Å²) in [6.45, 7) is 1.76. The number of benzene rings is 4. The molecule has 8 nitrogen and oxygen atoms in total. The first-order valence-corrected chi connectivity index (χ1v) is 14.6. The van der Waals surface area contributed by atoms with Crippen LogP contribution in [0.4, 0.5) is 0 Å². The summed E-state index contributed by atoms with van der Waals surface area (Å²) in [5.74, 6) is 2.39. The lowest BCUT2D eigenvalue weighted by Gasteiger charge is -2.35. The molecule has 0 bridgehead atoms. The highest BCUT2D eigenvalue weighted by molar-refractivity contribution is 5.51. The Morgan fingerprint density at radius 2 is 1.37 bits per heavy atom. The van der Waals surface area contributed by atoms with Gasteiger partial charge >= 0.3 is 0 Å². The maximum Gasteiger partial charge on any atom is 0.169 e. The van der Waals surface area contributed by atoms with Crippen molar-refractivity contribution >= 4 is 0 Å². The van der Waals surface area contributed by atoms with Gasteiger partial charge in [0.15, 0.2) is 34.5 Å². The molecule has 224 valence electrons. The Morgan fingerprint density at radius 3 is 2.07 bits per heavy atom. The van der Waals surface area contributed by atoms with Gasteiger partial charge in [0.25, 0.3) is 0 Å². The van der Waals surface area contributed by atoms with Gasteiger partial charge in [0.05, 0.1) is 14.2 Å². The molecule has 4 aromatic rings. The Kier molecular flexibility index (Phi) is 8.06. The van der Waals surface area contributed by atoms with Gasteiger partial charge in [0.2, 0.25) is 0 Å². The van der Waals surface area contributed by atoms with Crippen molar-refractivity contribution in [2.24, 2.45) is 0 Å². The van der Waals surface area contributed by atoms with Crippen molar-refractivity contribution < 1.29 is 29.5 Å². The fourth-order valence-electron chi connectivity index (χ4n) is 6.32. The third-order valence-electron chi connectivity index (χ3n) is 8.71. The predicted molar refractivity (Wildman–Crippen MR) is 165 cm³/mol. The zero-order chi connectivity index (χ0) is 30.1. The van der Waals surface area contributed by atoms with Gasteiger partial charge in [-0.3, -0.25) is 4.90 Å². The first-order valence-electron chi connectivity index (χ1n) is 14.6. The number of hydrogen-bond donors (Lipinski definition) is 4. The van der Waals surface area contributed by atoms with Crippen LogP contribution in [-0.2, 0) is 25.7 Å². The van der Waals surface area contributed by atoms with Crippen LogP contribution in [0.2, 0.25) is 0 Å². The lowest BCUT2D eigenvalue weighted by molar-refractivity contribution is 0.228. The number of aromatic hydroxyl groups is 3. The van der Waals surface area contributed by atoms with E-state index in [4.69, 9.17) is 14.2 Å². The number of likely N-dealkylation sites (N-methyl/N-ethyl adjacent to an activating group) is 1. The van der Waals surface area contributed by atoms with Crippen molar-refractivity contribution in [1.29, 1.82) is 0 Å². The molecule has 0 unspecified atom stereocenters. The Morgan fingerprint density at radius 1 is 0.721 bits per heavy atom. The highest BCUT2D eigenvalue weighted by Crippen LogP contribution is 2.40.